The Kier molecular flexibility index (Phi) is 4.99. The summed E-state index contributed by atoms with van der Waals surface area (Å²) < 4.78 is 1.90. The Morgan fingerprint density at radius 2 is 1.79 bits per heavy atom. The Hall–Kier alpha value is -4.65. The molecule has 0 aliphatic heterocycles. The number of hydrogen-bond acceptors (Lipinski definition) is 8. The van der Waals surface area contributed by atoms with Gasteiger partial charge in [0, 0.05) is 18.0 Å². The molecule has 0 saturated heterocycles. The monoisotopic (exact) mass is 437 g/mol. The molecule has 0 unspecified atom stereocenters. The molecule has 10 nitrogen and oxygen atoms in total. The molecule has 0 aliphatic carbocycles. The van der Waals surface area contributed by atoms with Crippen LogP contribution >= 0.6 is 0 Å². The lowest BCUT2D eigenvalue weighted by Gasteiger charge is -2.13. The fourth-order valence-corrected chi connectivity index (χ4v) is 3.92. The molecule has 0 saturated carbocycles. The van der Waals surface area contributed by atoms with Gasteiger partial charge in [-0.15, -0.1) is 15.3 Å². The van der Waals surface area contributed by atoms with Crippen LogP contribution in [-0.2, 0) is 6.54 Å². The van der Waals surface area contributed by atoms with Gasteiger partial charge in [0.15, 0.2) is 11.5 Å². The van der Waals surface area contributed by atoms with Gasteiger partial charge in [-0.3, -0.25) is 0 Å². The van der Waals surface area contributed by atoms with Gasteiger partial charge in [-0.05, 0) is 27.1 Å². The van der Waals surface area contributed by atoms with E-state index in [0.29, 0.717) is 23.4 Å². The van der Waals surface area contributed by atoms with Crippen LogP contribution in [0.3, 0.4) is 0 Å². The number of fused-ring (bicyclic) bond motifs is 1. The second-order valence-electron chi connectivity index (χ2n) is 7.88. The lowest BCUT2D eigenvalue weighted by Crippen LogP contribution is -2.07. The van der Waals surface area contributed by atoms with Crippen molar-refractivity contribution in [2.45, 2.75) is 26.3 Å². The Morgan fingerprint density at radius 1 is 1.03 bits per heavy atom. The molecule has 0 aliphatic rings. The normalized spacial score (nSPS) is 11.2. The summed E-state index contributed by atoms with van der Waals surface area (Å²) in [7, 11) is 0. The molecule has 5 aromatic rings. The molecule has 10 heteroatoms. The highest BCUT2D eigenvalue weighted by atomic mass is 16.3. The number of aromatic amines is 1. The Labute approximate surface area is 188 Å². The summed E-state index contributed by atoms with van der Waals surface area (Å²) in [6.07, 6.45) is 0. The van der Waals surface area contributed by atoms with E-state index in [2.05, 4.69) is 35.8 Å². The van der Waals surface area contributed by atoms with Gasteiger partial charge in [0.1, 0.15) is 22.9 Å². The summed E-state index contributed by atoms with van der Waals surface area (Å²) in [5, 5.41) is 41.5. The molecule has 0 fully saturated rings. The number of nitriles is 1. The maximum absolute atomic E-state index is 10.4. The number of tetrazole rings is 1. The van der Waals surface area contributed by atoms with E-state index < -0.39 is 0 Å². The van der Waals surface area contributed by atoms with Crippen molar-refractivity contribution in [2.75, 3.05) is 0 Å². The third kappa shape index (κ3) is 3.55. The number of H-pyrrole nitrogens is 1. The molecule has 0 radical (unpaired) electrons. The molecule has 5 rings (SSSR count). The quantitative estimate of drug-likeness (QED) is 0.426. The first kappa shape index (κ1) is 20.3. The van der Waals surface area contributed by atoms with E-state index in [0.717, 1.165) is 28.1 Å². The van der Waals surface area contributed by atoms with Crippen molar-refractivity contribution >= 4 is 11.0 Å². The molecule has 33 heavy (non-hydrogen) atoms. The number of aromatic hydroxyl groups is 1. The van der Waals surface area contributed by atoms with Crippen molar-refractivity contribution in [1.29, 1.82) is 5.26 Å². The Bertz CT molecular complexity index is 1480. The number of imidazole rings is 1. The van der Waals surface area contributed by atoms with E-state index in [-0.39, 0.29) is 17.5 Å². The highest BCUT2D eigenvalue weighted by Gasteiger charge is 2.21. The minimum Gasteiger partial charge on any atom is -0.491 e. The topological polar surface area (TPSA) is 142 Å². The van der Waals surface area contributed by atoms with Crippen LogP contribution in [0.1, 0.15) is 36.8 Å². The SMILES string of the molecule is CC(C)c1nc2c(C#N)nnc(O)c2n1Cc1ccc(-c2ccccc2-c2nnn[nH]2)cc1. The fraction of sp³-hybridized carbons (Fsp3) is 0.174. The number of hydrogen-bond donors (Lipinski definition) is 2. The van der Waals surface area contributed by atoms with Gasteiger partial charge in [-0.1, -0.05) is 62.4 Å². The molecule has 0 bridgehead atoms. The molecular formula is C23H19N9O. The fourth-order valence-electron chi connectivity index (χ4n) is 3.92. The van der Waals surface area contributed by atoms with Crippen LogP contribution in [0.25, 0.3) is 33.5 Å². The van der Waals surface area contributed by atoms with E-state index in [1.54, 1.807) is 0 Å². The van der Waals surface area contributed by atoms with Gasteiger partial charge in [-0.2, -0.15) is 5.26 Å². The van der Waals surface area contributed by atoms with Gasteiger partial charge in [0.25, 0.3) is 5.88 Å². The van der Waals surface area contributed by atoms with Crippen LogP contribution in [-0.4, -0.2) is 45.5 Å². The number of rotatable bonds is 5. The van der Waals surface area contributed by atoms with Gasteiger partial charge >= 0.3 is 0 Å². The first-order valence-corrected chi connectivity index (χ1v) is 10.3. The first-order chi connectivity index (χ1) is 16.1. The highest BCUT2D eigenvalue weighted by molar-refractivity contribution is 5.84. The van der Waals surface area contributed by atoms with Gasteiger partial charge in [0.05, 0.1) is 0 Å². The average molecular weight is 437 g/mol. The summed E-state index contributed by atoms with van der Waals surface area (Å²) in [6, 6.07) is 18.0. The molecule has 2 aromatic carbocycles. The van der Waals surface area contributed by atoms with E-state index in [4.69, 9.17) is 0 Å². The standard InChI is InChI=1S/C23H19N9O/c1-13(2)22-25-19-18(11-24)26-29-23(33)20(19)32(22)12-14-7-9-15(10-8-14)16-5-3-4-6-17(16)21-27-30-31-28-21/h3-10,13H,12H2,1-2H3,(H,29,33)(H,27,28,30,31). The maximum Gasteiger partial charge on any atom is 0.257 e. The van der Waals surface area contributed by atoms with Crippen molar-refractivity contribution in [3.8, 4) is 34.5 Å². The molecule has 0 amide bonds. The average Bonchev–Trinajstić information content (AvgIpc) is 3.49. The minimum atomic E-state index is -0.241. The Balaban J connectivity index is 1.54. The second-order valence-corrected chi connectivity index (χ2v) is 7.88. The van der Waals surface area contributed by atoms with Crippen LogP contribution in [0.4, 0.5) is 0 Å². The summed E-state index contributed by atoms with van der Waals surface area (Å²) in [4.78, 5) is 4.60. The molecule has 162 valence electrons. The van der Waals surface area contributed by atoms with Gasteiger partial charge < -0.3 is 9.67 Å². The zero-order valence-electron chi connectivity index (χ0n) is 17.9. The van der Waals surface area contributed by atoms with Crippen molar-refractivity contribution in [2.24, 2.45) is 0 Å². The van der Waals surface area contributed by atoms with Crippen molar-refractivity contribution in [1.82, 2.24) is 40.4 Å². The van der Waals surface area contributed by atoms with Gasteiger partial charge in [0.2, 0.25) is 0 Å². The lowest BCUT2D eigenvalue weighted by atomic mass is 9.98. The molecule has 3 aromatic heterocycles. The molecule has 3 heterocycles. The van der Waals surface area contributed by atoms with Crippen LogP contribution in [0.15, 0.2) is 48.5 Å². The molecule has 2 N–H and O–H groups in total. The second kappa shape index (κ2) is 8.12. The Morgan fingerprint density at radius 3 is 2.45 bits per heavy atom. The molecular weight excluding hydrogens is 418 g/mol. The first-order valence-electron chi connectivity index (χ1n) is 10.3. The number of benzene rings is 2. The highest BCUT2D eigenvalue weighted by Crippen LogP contribution is 2.31. The van der Waals surface area contributed by atoms with Crippen molar-refractivity contribution in [3.05, 3.63) is 65.6 Å². The number of aromatic nitrogens is 8. The summed E-state index contributed by atoms with van der Waals surface area (Å²) in [5.41, 5.74) is 4.81. The minimum absolute atomic E-state index is 0.0741. The maximum atomic E-state index is 10.4. The smallest absolute Gasteiger partial charge is 0.257 e. The number of nitrogens with one attached hydrogen (secondary N) is 1. The molecule has 0 atom stereocenters. The van der Waals surface area contributed by atoms with Crippen LogP contribution in [0, 0.1) is 11.3 Å². The largest absolute Gasteiger partial charge is 0.491 e. The predicted molar refractivity (Wildman–Crippen MR) is 120 cm³/mol. The van der Waals surface area contributed by atoms with Gasteiger partial charge in [-0.25, -0.2) is 10.1 Å². The summed E-state index contributed by atoms with van der Waals surface area (Å²) >= 11 is 0. The third-order valence-electron chi connectivity index (χ3n) is 5.43. The summed E-state index contributed by atoms with van der Waals surface area (Å²) in [6.45, 7) is 4.49. The lowest BCUT2D eigenvalue weighted by molar-refractivity contribution is 0.448. The van der Waals surface area contributed by atoms with E-state index in [1.165, 1.54) is 0 Å². The van der Waals surface area contributed by atoms with Crippen LogP contribution in [0.2, 0.25) is 0 Å². The number of nitrogens with zero attached hydrogens (tertiary/aromatic N) is 8. The summed E-state index contributed by atoms with van der Waals surface area (Å²) in [5.74, 6) is 1.18. The third-order valence-corrected chi connectivity index (χ3v) is 5.43. The van der Waals surface area contributed by atoms with Crippen LogP contribution in [0.5, 0.6) is 5.88 Å². The van der Waals surface area contributed by atoms with E-state index in [9.17, 15) is 10.4 Å². The zero-order chi connectivity index (χ0) is 22.9. The predicted octanol–water partition coefficient (Wildman–Crippen LogP) is 3.42. The van der Waals surface area contributed by atoms with Crippen molar-refractivity contribution < 1.29 is 5.11 Å². The van der Waals surface area contributed by atoms with E-state index in [1.807, 2.05) is 73.0 Å². The molecule has 0 spiro atoms. The zero-order valence-corrected chi connectivity index (χ0v) is 17.9. The van der Waals surface area contributed by atoms with Crippen molar-refractivity contribution in [3.63, 3.8) is 0 Å². The van der Waals surface area contributed by atoms with Crippen LogP contribution < -0.4 is 0 Å². The van der Waals surface area contributed by atoms with E-state index >= 15 is 0 Å².